The van der Waals surface area contributed by atoms with Crippen LogP contribution in [0.2, 0.25) is 0 Å². The minimum absolute atomic E-state index is 0.0686. The highest BCUT2D eigenvalue weighted by Gasteiger charge is 2.35. The van der Waals surface area contributed by atoms with Crippen LogP contribution in [0.3, 0.4) is 0 Å². The van der Waals surface area contributed by atoms with Crippen LogP contribution >= 0.6 is 0 Å². The minimum Gasteiger partial charge on any atom is -0.421 e. The van der Waals surface area contributed by atoms with Gasteiger partial charge >= 0.3 is 6.18 Å². The van der Waals surface area contributed by atoms with Crippen molar-refractivity contribution in [1.82, 2.24) is 19.7 Å². The summed E-state index contributed by atoms with van der Waals surface area (Å²) in [7, 11) is 1.28. The molecule has 0 aliphatic rings. The van der Waals surface area contributed by atoms with Crippen LogP contribution in [0.4, 0.5) is 22.0 Å². The molecule has 2 aromatic heterocycles. The average Bonchev–Trinajstić information content (AvgIpc) is 2.88. The Morgan fingerprint density at radius 3 is 2.38 bits per heavy atom. The predicted octanol–water partition coefficient (Wildman–Crippen LogP) is 4.27. The van der Waals surface area contributed by atoms with Crippen molar-refractivity contribution in [2.45, 2.75) is 13.1 Å². The van der Waals surface area contributed by atoms with E-state index in [0.717, 1.165) is 22.9 Å². The molecule has 0 unspecified atom stereocenters. The zero-order chi connectivity index (χ0) is 19.1. The van der Waals surface area contributed by atoms with E-state index in [0.29, 0.717) is 11.8 Å². The van der Waals surface area contributed by atoms with Gasteiger partial charge in [0.15, 0.2) is 11.5 Å². The number of hydrogen-bond donors (Lipinski definition) is 0. The Bertz CT molecular complexity index is 968. The molecule has 0 bridgehead atoms. The average molecular weight is 370 g/mol. The normalized spacial score (nSPS) is 11.7. The molecule has 10 heteroatoms. The molecule has 2 heterocycles. The summed E-state index contributed by atoms with van der Waals surface area (Å²) in [6.45, 7) is 1.57. The fraction of sp³-hybridized carbons (Fsp3) is 0.188. The van der Waals surface area contributed by atoms with E-state index >= 15 is 0 Å². The van der Waals surface area contributed by atoms with Crippen molar-refractivity contribution in [1.29, 1.82) is 0 Å². The predicted molar refractivity (Wildman–Crippen MR) is 80.4 cm³/mol. The van der Waals surface area contributed by atoms with E-state index in [-0.39, 0.29) is 23.1 Å². The van der Waals surface area contributed by atoms with Crippen LogP contribution in [0.5, 0.6) is 11.8 Å². The second-order valence-electron chi connectivity index (χ2n) is 5.39. The number of alkyl halides is 3. The first kappa shape index (κ1) is 17.8. The highest BCUT2D eigenvalue weighted by atomic mass is 19.4. The number of nitrogens with zero attached hydrogens (tertiary/aromatic N) is 4. The zero-order valence-electron chi connectivity index (χ0n) is 13.5. The van der Waals surface area contributed by atoms with Gasteiger partial charge in [0.1, 0.15) is 11.6 Å². The molecule has 0 saturated carbocycles. The molecule has 3 aromatic rings. The maximum atomic E-state index is 13.9. The molecule has 0 saturated heterocycles. The van der Waals surface area contributed by atoms with Crippen LogP contribution in [0.1, 0.15) is 11.4 Å². The number of benzene rings is 1. The number of hydrogen-bond acceptors (Lipinski definition) is 4. The molecule has 0 amide bonds. The minimum atomic E-state index is -4.62. The summed E-state index contributed by atoms with van der Waals surface area (Å²) < 4.78 is 71.4. The Morgan fingerprint density at radius 1 is 1.04 bits per heavy atom. The van der Waals surface area contributed by atoms with E-state index in [9.17, 15) is 22.0 Å². The third-order valence-corrected chi connectivity index (χ3v) is 3.34. The van der Waals surface area contributed by atoms with Crippen LogP contribution in [0.15, 0.2) is 30.3 Å². The molecular weight excluding hydrogens is 359 g/mol. The van der Waals surface area contributed by atoms with Crippen molar-refractivity contribution in [2.75, 3.05) is 0 Å². The third-order valence-electron chi connectivity index (χ3n) is 3.34. The Kier molecular flexibility index (Phi) is 4.34. The van der Waals surface area contributed by atoms with Gasteiger partial charge in [-0.1, -0.05) is 0 Å². The number of aromatic nitrogens is 4. The quantitative estimate of drug-likeness (QED) is 0.646. The van der Waals surface area contributed by atoms with Gasteiger partial charge in [-0.3, -0.25) is 0 Å². The Balaban J connectivity index is 1.97. The summed E-state index contributed by atoms with van der Waals surface area (Å²) in [6.07, 6.45) is -4.62. The van der Waals surface area contributed by atoms with Gasteiger partial charge < -0.3 is 4.74 Å². The first-order chi connectivity index (χ1) is 12.1. The van der Waals surface area contributed by atoms with E-state index in [2.05, 4.69) is 15.1 Å². The summed E-state index contributed by atoms with van der Waals surface area (Å²) in [5.41, 5.74) is -0.807. The molecule has 0 aliphatic carbocycles. The zero-order valence-corrected chi connectivity index (χ0v) is 13.5. The molecule has 5 nitrogen and oxygen atoms in total. The van der Waals surface area contributed by atoms with Gasteiger partial charge in [-0.15, -0.1) is 0 Å². The van der Waals surface area contributed by atoms with E-state index in [4.69, 9.17) is 4.74 Å². The number of halogens is 5. The molecule has 26 heavy (non-hydrogen) atoms. The van der Waals surface area contributed by atoms with Crippen molar-refractivity contribution in [3.05, 3.63) is 53.4 Å². The number of aryl methyl sites for hydroxylation is 2. The summed E-state index contributed by atoms with van der Waals surface area (Å²) in [6, 6.07) is 4.97. The summed E-state index contributed by atoms with van der Waals surface area (Å²) >= 11 is 0. The Labute approximate surface area is 144 Å². The molecule has 0 atom stereocenters. The van der Waals surface area contributed by atoms with Crippen LogP contribution in [0.25, 0.3) is 11.4 Å². The van der Waals surface area contributed by atoms with Gasteiger partial charge in [0.25, 0.3) is 0 Å². The maximum absolute atomic E-state index is 13.9. The third kappa shape index (κ3) is 3.63. The van der Waals surface area contributed by atoms with Crippen LogP contribution in [-0.4, -0.2) is 19.7 Å². The Morgan fingerprint density at radius 2 is 1.77 bits per heavy atom. The monoisotopic (exact) mass is 370 g/mol. The van der Waals surface area contributed by atoms with Crippen molar-refractivity contribution in [3.8, 4) is 23.1 Å². The Hall–Kier alpha value is -3.04. The SMILES string of the molecule is Cc1cc(Oc2cc(C(F)(F)F)nn2C)nc(-c2ccc(F)cc2F)n1. The second-order valence-corrected chi connectivity index (χ2v) is 5.39. The lowest BCUT2D eigenvalue weighted by atomic mass is 10.2. The van der Waals surface area contributed by atoms with Gasteiger partial charge in [-0.25, -0.2) is 18.4 Å². The smallest absolute Gasteiger partial charge is 0.421 e. The van der Waals surface area contributed by atoms with Crippen molar-refractivity contribution in [2.24, 2.45) is 7.05 Å². The van der Waals surface area contributed by atoms with Gasteiger partial charge in [-0.05, 0) is 19.1 Å². The molecule has 1 aromatic carbocycles. The molecule has 0 radical (unpaired) electrons. The molecular formula is C16H11F5N4O. The van der Waals surface area contributed by atoms with Crippen molar-refractivity contribution >= 4 is 0 Å². The maximum Gasteiger partial charge on any atom is 0.435 e. The lowest BCUT2D eigenvalue weighted by Crippen LogP contribution is -2.06. The fourth-order valence-corrected chi connectivity index (χ4v) is 2.17. The van der Waals surface area contributed by atoms with E-state index in [1.54, 1.807) is 6.92 Å². The van der Waals surface area contributed by atoms with Crippen molar-refractivity contribution < 1.29 is 26.7 Å². The van der Waals surface area contributed by atoms with Crippen LogP contribution in [0, 0.1) is 18.6 Å². The number of rotatable bonds is 3. The van der Waals surface area contributed by atoms with Gasteiger partial charge in [-0.2, -0.15) is 23.3 Å². The second kappa shape index (κ2) is 6.36. The fourth-order valence-electron chi connectivity index (χ4n) is 2.17. The van der Waals surface area contributed by atoms with Crippen molar-refractivity contribution in [3.63, 3.8) is 0 Å². The summed E-state index contributed by atoms with van der Waals surface area (Å²) in [5, 5.41) is 3.33. The molecule has 136 valence electrons. The molecule has 3 rings (SSSR count). The standard InChI is InChI=1S/C16H11F5N4O/c1-8-5-13(26-14-7-12(16(19,20)21)24-25(14)2)23-15(22-8)10-4-3-9(17)6-11(10)18/h3-7H,1-2H3. The molecule has 0 aliphatic heterocycles. The first-order valence-corrected chi connectivity index (χ1v) is 7.23. The van der Waals surface area contributed by atoms with Crippen LogP contribution < -0.4 is 4.74 Å². The lowest BCUT2D eigenvalue weighted by Gasteiger charge is -2.08. The van der Waals surface area contributed by atoms with Gasteiger partial charge in [0.2, 0.25) is 11.8 Å². The van der Waals surface area contributed by atoms with E-state index in [1.807, 2.05) is 0 Å². The lowest BCUT2D eigenvalue weighted by molar-refractivity contribution is -0.141. The van der Waals surface area contributed by atoms with Gasteiger partial charge in [0.05, 0.1) is 5.56 Å². The molecule has 0 spiro atoms. The summed E-state index contributed by atoms with van der Waals surface area (Å²) in [5.74, 6) is -2.03. The highest BCUT2D eigenvalue weighted by molar-refractivity contribution is 5.56. The van der Waals surface area contributed by atoms with Crippen LogP contribution in [-0.2, 0) is 13.2 Å². The first-order valence-electron chi connectivity index (χ1n) is 7.23. The summed E-state index contributed by atoms with van der Waals surface area (Å²) in [4.78, 5) is 8.03. The van der Waals surface area contributed by atoms with Gasteiger partial charge in [0, 0.05) is 30.9 Å². The van der Waals surface area contributed by atoms with E-state index in [1.165, 1.54) is 13.1 Å². The topological polar surface area (TPSA) is 52.8 Å². The highest BCUT2D eigenvalue weighted by Crippen LogP contribution is 2.32. The number of ether oxygens (including phenoxy) is 1. The molecule has 0 N–H and O–H groups in total. The largest absolute Gasteiger partial charge is 0.435 e. The molecule has 0 fully saturated rings. The van der Waals surface area contributed by atoms with E-state index < -0.39 is 23.5 Å².